The first kappa shape index (κ1) is 10.6. The Bertz CT molecular complexity index is 324. The number of alkyl halides is 2. The van der Waals surface area contributed by atoms with Crippen molar-refractivity contribution in [2.24, 2.45) is 0 Å². The van der Waals surface area contributed by atoms with Gasteiger partial charge in [-0.1, -0.05) is 12.1 Å². The van der Waals surface area contributed by atoms with Crippen molar-refractivity contribution in [3.8, 4) is 5.75 Å². The standard InChI is InChI=1S/C10H10F2O2/c1-7-2-3-8(5-13)4-9(7)14-6-10(11)12/h2-5,10H,6H2,1H3. The quantitative estimate of drug-likeness (QED) is 0.698. The van der Waals surface area contributed by atoms with Crippen LogP contribution in [0, 0.1) is 6.92 Å². The van der Waals surface area contributed by atoms with E-state index in [0.717, 1.165) is 5.56 Å². The monoisotopic (exact) mass is 200 g/mol. The molecule has 0 saturated heterocycles. The van der Waals surface area contributed by atoms with Crippen molar-refractivity contribution in [2.45, 2.75) is 13.3 Å². The van der Waals surface area contributed by atoms with Crippen molar-refractivity contribution < 1.29 is 18.3 Å². The molecule has 1 aromatic rings. The zero-order valence-electron chi connectivity index (χ0n) is 7.67. The molecule has 0 aliphatic carbocycles. The summed E-state index contributed by atoms with van der Waals surface area (Å²) in [4.78, 5) is 10.4. The van der Waals surface area contributed by atoms with Crippen molar-refractivity contribution in [2.75, 3.05) is 6.61 Å². The van der Waals surface area contributed by atoms with Gasteiger partial charge in [0, 0.05) is 5.56 Å². The van der Waals surface area contributed by atoms with E-state index in [0.29, 0.717) is 17.6 Å². The average molecular weight is 200 g/mol. The van der Waals surface area contributed by atoms with Crippen LogP contribution in [-0.2, 0) is 0 Å². The lowest BCUT2D eigenvalue weighted by Gasteiger charge is -2.08. The van der Waals surface area contributed by atoms with Crippen LogP contribution in [-0.4, -0.2) is 19.3 Å². The van der Waals surface area contributed by atoms with E-state index in [1.165, 1.54) is 6.07 Å². The lowest BCUT2D eigenvalue weighted by Crippen LogP contribution is -2.07. The molecule has 0 heterocycles. The Morgan fingerprint density at radius 2 is 2.21 bits per heavy atom. The van der Waals surface area contributed by atoms with Gasteiger partial charge in [0.25, 0.3) is 6.43 Å². The molecule has 14 heavy (non-hydrogen) atoms. The highest BCUT2D eigenvalue weighted by Gasteiger charge is 2.06. The summed E-state index contributed by atoms with van der Waals surface area (Å²) in [7, 11) is 0. The summed E-state index contributed by atoms with van der Waals surface area (Å²) in [5, 5.41) is 0. The number of hydrogen-bond acceptors (Lipinski definition) is 2. The van der Waals surface area contributed by atoms with Crippen molar-refractivity contribution >= 4 is 6.29 Å². The highest BCUT2D eigenvalue weighted by Crippen LogP contribution is 2.19. The molecule has 0 saturated carbocycles. The van der Waals surface area contributed by atoms with Crippen LogP contribution < -0.4 is 4.74 Å². The van der Waals surface area contributed by atoms with Crippen LogP contribution in [0.3, 0.4) is 0 Å². The molecule has 0 radical (unpaired) electrons. The Hall–Kier alpha value is -1.45. The van der Waals surface area contributed by atoms with Gasteiger partial charge >= 0.3 is 0 Å². The minimum atomic E-state index is -2.51. The average Bonchev–Trinajstić information content (AvgIpc) is 2.16. The fraction of sp³-hybridized carbons (Fsp3) is 0.300. The Kier molecular flexibility index (Phi) is 3.56. The normalized spacial score (nSPS) is 10.3. The van der Waals surface area contributed by atoms with Crippen molar-refractivity contribution in [1.82, 2.24) is 0 Å². The lowest BCUT2D eigenvalue weighted by molar-refractivity contribution is 0.0815. The Morgan fingerprint density at radius 3 is 2.79 bits per heavy atom. The lowest BCUT2D eigenvalue weighted by atomic mass is 10.1. The molecule has 0 amide bonds. The van der Waals surface area contributed by atoms with Gasteiger partial charge in [0.15, 0.2) is 0 Å². The van der Waals surface area contributed by atoms with Gasteiger partial charge in [-0.15, -0.1) is 0 Å². The molecule has 0 aliphatic rings. The molecule has 0 bridgehead atoms. The van der Waals surface area contributed by atoms with Gasteiger partial charge in [0.1, 0.15) is 18.6 Å². The third-order valence-electron chi connectivity index (χ3n) is 1.71. The van der Waals surface area contributed by atoms with E-state index >= 15 is 0 Å². The van der Waals surface area contributed by atoms with Crippen molar-refractivity contribution in [3.05, 3.63) is 29.3 Å². The smallest absolute Gasteiger partial charge is 0.272 e. The maximum atomic E-state index is 11.8. The molecule has 0 N–H and O–H groups in total. The van der Waals surface area contributed by atoms with Crippen LogP contribution in [0.15, 0.2) is 18.2 Å². The molecule has 1 rings (SSSR count). The molecule has 0 aliphatic heterocycles. The predicted octanol–water partition coefficient (Wildman–Crippen LogP) is 2.45. The summed E-state index contributed by atoms with van der Waals surface area (Å²) in [6.07, 6.45) is -1.86. The first-order chi connectivity index (χ1) is 6.63. The van der Waals surface area contributed by atoms with E-state index in [1.54, 1.807) is 19.1 Å². The molecule has 0 fully saturated rings. The highest BCUT2D eigenvalue weighted by molar-refractivity contribution is 5.75. The summed E-state index contributed by atoms with van der Waals surface area (Å²) in [5.74, 6) is 0.329. The SMILES string of the molecule is Cc1ccc(C=O)cc1OCC(F)F. The summed E-state index contributed by atoms with van der Waals surface area (Å²) in [6, 6.07) is 4.72. The zero-order valence-corrected chi connectivity index (χ0v) is 7.67. The van der Waals surface area contributed by atoms with Crippen LogP contribution in [0.2, 0.25) is 0 Å². The number of hydrogen-bond donors (Lipinski definition) is 0. The summed E-state index contributed by atoms with van der Waals surface area (Å²) >= 11 is 0. The molecule has 2 nitrogen and oxygen atoms in total. The molecule has 0 atom stereocenters. The van der Waals surface area contributed by atoms with Crippen LogP contribution in [0.1, 0.15) is 15.9 Å². The first-order valence-corrected chi connectivity index (χ1v) is 4.10. The van der Waals surface area contributed by atoms with Gasteiger partial charge in [-0.05, 0) is 18.6 Å². The van der Waals surface area contributed by atoms with E-state index in [4.69, 9.17) is 4.74 Å². The van der Waals surface area contributed by atoms with E-state index < -0.39 is 13.0 Å². The largest absolute Gasteiger partial charge is 0.487 e. The highest BCUT2D eigenvalue weighted by atomic mass is 19.3. The van der Waals surface area contributed by atoms with E-state index in [2.05, 4.69) is 0 Å². The number of aldehydes is 1. The summed E-state index contributed by atoms with van der Waals surface area (Å²) < 4.78 is 28.5. The Morgan fingerprint density at radius 1 is 1.50 bits per heavy atom. The number of rotatable bonds is 4. The fourth-order valence-electron chi connectivity index (χ4n) is 0.998. The maximum Gasteiger partial charge on any atom is 0.272 e. The van der Waals surface area contributed by atoms with Gasteiger partial charge < -0.3 is 4.74 Å². The molecule has 4 heteroatoms. The van der Waals surface area contributed by atoms with Crippen LogP contribution >= 0.6 is 0 Å². The molecular formula is C10H10F2O2. The summed E-state index contributed by atoms with van der Waals surface area (Å²) in [5.41, 5.74) is 1.15. The Balaban J connectivity index is 2.78. The first-order valence-electron chi connectivity index (χ1n) is 4.10. The van der Waals surface area contributed by atoms with Gasteiger partial charge in [0.05, 0.1) is 0 Å². The van der Waals surface area contributed by atoms with Crippen molar-refractivity contribution in [1.29, 1.82) is 0 Å². The van der Waals surface area contributed by atoms with E-state index in [-0.39, 0.29) is 0 Å². The van der Waals surface area contributed by atoms with Gasteiger partial charge in [-0.3, -0.25) is 4.79 Å². The van der Waals surface area contributed by atoms with Crippen LogP contribution in [0.25, 0.3) is 0 Å². The molecule has 1 aromatic carbocycles. The second kappa shape index (κ2) is 4.69. The number of aryl methyl sites for hydroxylation is 1. The third-order valence-corrected chi connectivity index (χ3v) is 1.71. The summed E-state index contributed by atoms with van der Waals surface area (Å²) in [6.45, 7) is 1.08. The number of ether oxygens (including phenoxy) is 1. The van der Waals surface area contributed by atoms with Gasteiger partial charge in [-0.2, -0.15) is 0 Å². The molecule has 76 valence electrons. The predicted molar refractivity (Wildman–Crippen MR) is 48.1 cm³/mol. The zero-order chi connectivity index (χ0) is 10.6. The van der Waals surface area contributed by atoms with E-state index in [9.17, 15) is 13.6 Å². The minimum Gasteiger partial charge on any atom is -0.487 e. The molecule has 0 aromatic heterocycles. The topological polar surface area (TPSA) is 26.3 Å². The molecule has 0 spiro atoms. The fourth-order valence-corrected chi connectivity index (χ4v) is 0.998. The number of carbonyl (C=O) groups excluding carboxylic acids is 1. The number of benzene rings is 1. The number of carbonyl (C=O) groups is 1. The van der Waals surface area contributed by atoms with E-state index in [1.807, 2.05) is 0 Å². The molecular weight excluding hydrogens is 190 g/mol. The maximum absolute atomic E-state index is 11.8. The second-order valence-electron chi connectivity index (χ2n) is 2.84. The third kappa shape index (κ3) is 2.80. The van der Waals surface area contributed by atoms with Crippen molar-refractivity contribution in [3.63, 3.8) is 0 Å². The minimum absolute atomic E-state index is 0.329. The second-order valence-corrected chi connectivity index (χ2v) is 2.84. The Labute approximate surface area is 80.5 Å². The van der Waals surface area contributed by atoms with Crippen LogP contribution in [0.5, 0.6) is 5.75 Å². The number of halogens is 2. The molecule has 0 unspecified atom stereocenters. The van der Waals surface area contributed by atoms with Gasteiger partial charge in [0.2, 0.25) is 0 Å². The van der Waals surface area contributed by atoms with Crippen LogP contribution in [0.4, 0.5) is 8.78 Å². The van der Waals surface area contributed by atoms with Gasteiger partial charge in [-0.25, -0.2) is 8.78 Å².